The van der Waals surface area contributed by atoms with Crippen molar-refractivity contribution in [2.45, 2.75) is 11.3 Å². The Morgan fingerprint density at radius 1 is 0.871 bits per heavy atom. The molecule has 156 valence electrons. The van der Waals surface area contributed by atoms with E-state index in [0.717, 1.165) is 10.5 Å². The number of carbonyl (C=O) groups excluding carboxylic acids is 2. The third-order valence-corrected chi connectivity index (χ3v) is 5.99. The lowest BCUT2D eigenvalue weighted by Crippen LogP contribution is -2.34. The molecule has 0 atom stereocenters. The second-order valence-electron chi connectivity index (χ2n) is 6.97. The number of nitrogens with zero attached hydrogens (tertiary/aromatic N) is 1. The molecule has 0 spiro atoms. The lowest BCUT2D eigenvalue weighted by Gasteiger charge is -2.15. The Hall–Kier alpha value is -3.51. The first-order valence-corrected chi connectivity index (χ1v) is 10.8. The molecule has 0 saturated carbocycles. The number of benzene rings is 3. The number of thioether (sulfide) groups is 1. The van der Waals surface area contributed by atoms with Crippen molar-refractivity contribution in [3.05, 3.63) is 101 Å². The fourth-order valence-electron chi connectivity index (χ4n) is 3.30. The van der Waals surface area contributed by atoms with E-state index in [2.05, 4.69) is 5.32 Å². The minimum absolute atomic E-state index is 0.278. The number of hydrogen-bond donors (Lipinski definition) is 1. The van der Waals surface area contributed by atoms with Gasteiger partial charge in [0, 0.05) is 23.2 Å². The Morgan fingerprint density at radius 3 is 2.29 bits per heavy atom. The van der Waals surface area contributed by atoms with Crippen LogP contribution in [0.3, 0.4) is 0 Å². The Kier molecular flexibility index (Phi) is 6.38. The van der Waals surface area contributed by atoms with Gasteiger partial charge in [-0.2, -0.15) is 0 Å². The number of carbonyl (C=O) groups is 2. The Bertz CT molecular complexity index is 1110. The van der Waals surface area contributed by atoms with E-state index >= 15 is 0 Å². The zero-order valence-electron chi connectivity index (χ0n) is 17.1. The summed E-state index contributed by atoms with van der Waals surface area (Å²) in [5.41, 5.74) is 2.06. The molecule has 0 fully saturated rings. The van der Waals surface area contributed by atoms with E-state index in [1.54, 1.807) is 13.2 Å². The van der Waals surface area contributed by atoms with Crippen molar-refractivity contribution in [1.29, 1.82) is 0 Å². The van der Waals surface area contributed by atoms with Crippen molar-refractivity contribution in [2.75, 3.05) is 19.0 Å². The molecule has 0 bridgehead atoms. The summed E-state index contributed by atoms with van der Waals surface area (Å²) in [6.45, 7) is 0.323. The fourth-order valence-corrected chi connectivity index (χ4v) is 4.27. The quantitative estimate of drug-likeness (QED) is 0.524. The predicted octanol–water partition coefficient (Wildman–Crippen LogP) is 4.72. The van der Waals surface area contributed by atoms with Crippen LogP contribution in [-0.2, 0) is 16.0 Å². The van der Waals surface area contributed by atoms with Crippen LogP contribution in [0.4, 0.5) is 5.69 Å². The first-order chi connectivity index (χ1) is 15.2. The largest absolute Gasteiger partial charge is 0.497 e. The van der Waals surface area contributed by atoms with Crippen molar-refractivity contribution in [3.8, 4) is 5.75 Å². The van der Waals surface area contributed by atoms with Gasteiger partial charge >= 0.3 is 0 Å². The molecule has 0 radical (unpaired) electrons. The van der Waals surface area contributed by atoms with E-state index in [0.29, 0.717) is 35.0 Å². The molecule has 0 aliphatic carbocycles. The van der Waals surface area contributed by atoms with Crippen molar-refractivity contribution in [1.82, 2.24) is 4.90 Å². The van der Waals surface area contributed by atoms with Crippen molar-refractivity contribution < 1.29 is 14.3 Å². The molecule has 3 aromatic carbocycles. The summed E-state index contributed by atoms with van der Waals surface area (Å²) in [5.74, 6) is 0.0722. The highest BCUT2D eigenvalue weighted by molar-refractivity contribution is 8.04. The van der Waals surface area contributed by atoms with Gasteiger partial charge in [0.2, 0.25) is 0 Å². The van der Waals surface area contributed by atoms with Gasteiger partial charge in [0.05, 0.1) is 7.11 Å². The number of ether oxygens (including phenoxy) is 1. The molecule has 0 aromatic heterocycles. The molecule has 1 aliphatic rings. The van der Waals surface area contributed by atoms with Gasteiger partial charge in [0.15, 0.2) is 0 Å². The molecule has 2 amide bonds. The third kappa shape index (κ3) is 4.81. The van der Waals surface area contributed by atoms with Gasteiger partial charge in [0.1, 0.15) is 16.4 Å². The second-order valence-corrected chi connectivity index (χ2v) is 8.06. The van der Waals surface area contributed by atoms with Gasteiger partial charge in [-0.05, 0) is 36.2 Å². The summed E-state index contributed by atoms with van der Waals surface area (Å²) in [6, 6.07) is 26.7. The monoisotopic (exact) mass is 430 g/mol. The number of amides is 2. The first kappa shape index (κ1) is 20.8. The molecule has 6 heteroatoms. The van der Waals surface area contributed by atoms with E-state index in [4.69, 9.17) is 4.74 Å². The highest BCUT2D eigenvalue weighted by Crippen LogP contribution is 2.36. The van der Waals surface area contributed by atoms with Crippen LogP contribution in [0.2, 0.25) is 0 Å². The van der Waals surface area contributed by atoms with Gasteiger partial charge < -0.3 is 10.1 Å². The number of rotatable bonds is 8. The molecule has 31 heavy (non-hydrogen) atoms. The number of imide groups is 1. The molecule has 0 unspecified atom stereocenters. The summed E-state index contributed by atoms with van der Waals surface area (Å²) in [6.07, 6.45) is 0.605. The topological polar surface area (TPSA) is 58.6 Å². The molecular formula is C25H22N2O3S. The molecule has 1 aliphatic heterocycles. The average molecular weight is 431 g/mol. The smallest absolute Gasteiger partial charge is 0.278 e. The summed E-state index contributed by atoms with van der Waals surface area (Å²) in [5, 5.41) is 3.16. The highest BCUT2D eigenvalue weighted by atomic mass is 32.2. The summed E-state index contributed by atoms with van der Waals surface area (Å²) >= 11 is 1.30. The highest BCUT2D eigenvalue weighted by Gasteiger charge is 2.38. The van der Waals surface area contributed by atoms with Crippen LogP contribution in [0.25, 0.3) is 0 Å². The SMILES string of the molecule is COc1cccc(NC2=C(Sc3ccccc3)C(=O)N(CCc3ccccc3)C2=O)c1. The van der Waals surface area contributed by atoms with Gasteiger partial charge in [-0.15, -0.1) is 0 Å². The van der Waals surface area contributed by atoms with Crippen LogP contribution in [0, 0.1) is 0 Å². The number of methoxy groups -OCH3 is 1. The molecule has 1 heterocycles. The van der Waals surface area contributed by atoms with Gasteiger partial charge in [0.25, 0.3) is 11.8 Å². The minimum Gasteiger partial charge on any atom is -0.497 e. The average Bonchev–Trinajstić information content (AvgIpc) is 3.03. The van der Waals surface area contributed by atoms with Crippen LogP contribution in [-0.4, -0.2) is 30.4 Å². The maximum absolute atomic E-state index is 13.2. The molecule has 0 saturated heterocycles. The minimum atomic E-state index is -0.317. The molecule has 4 rings (SSSR count). The van der Waals surface area contributed by atoms with Gasteiger partial charge in [-0.1, -0.05) is 66.4 Å². The Labute approximate surface area is 185 Å². The van der Waals surface area contributed by atoms with Crippen molar-refractivity contribution in [3.63, 3.8) is 0 Å². The van der Waals surface area contributed by atoms with Crippen molar-refractivity contribution in [2.24, 2.45) is 0 Å². The maximum atomic E-state index is 13.2. The second kappa shape index (κ2) is 9.53. The van der Waals surface area contributed by atoms with E-state index in [-0.39, 0.29) is 11.8 Å². The lowest BCUT2D eigenvalue weighted by molar-refractivity contribution is -0.137. The van der Waals surface area contributed by atoms with Gasteiger partial charge in [-0.25, -0.2) is 0 Å². The molecule has 1 N–H and O–H groups in total. The van der Waals surface area contributed by atoms with Crippen LogP contribution in [0.15, 0.2) is 100 Å². The van der Waals surface area contributed by atoms with E-state index < -0.39 is 0 Å². The van der Waals surface area contributed by atoms with Crippen LogP contribution >= 0.6 is 11.8 Å². The Balaban J connectivity index is 1.61. The first-order valence-electron chi connectivity index (χ1n) is 9.94. The lowest BCUT2D eigenvalue weighted by atomic mass is 10.1. The van der Waals surface area contributed by atoms with Gasteiger partial charge in [-0.3, -0.25) is 14.5 Å². The van der Waals surface area contributed by atoms with Crippen LogP contribution < -0.4 is 10.1 Å². The summed E-state index contributed by atoms with van der Waals surface area (Å²) in [7, 11) is 1.59. The molecule has 5 nitrogen and oxygen atoms in total. The third-order valence-electron chi connectivity index (χ3n) is 4.89. The predicted molar refractivity (Wildman–Crippen MR) is 123 cm³/mol. The van der Waals surface area contributed by atoms with Crippen LogP contribution in [0.1, 0.15) is 5.56 Å². The Morgan fingerprint density at radius 2 is 1.58 bits per heavy atom. The fraction of sp³-hybridized carbons (Fsp3) is 0.120. The summed E-state index contributed by atoms with van der Waals surface area (Å²) < 4.78 is 5.27. The number of nitrogens with one attached hydrogen (secondary N) is 1. The van der Waals surface area contributed by atoms with Crippen LogP contribution in [0.5, 0.6) is 5.75 Å². The zero-order valence-corrected chi connectivity index (χ0v) is 17.9. The number of hydrogen-bond acceptors (Lipinski definition) is 5. The van der Waals surface area contributed by atoms with E-state index in [1.165, 1.54) is 16.7 Å². The maximum Gasteiger partial charge on any atom is 0.278 e. The van der Waals surface area contributed by atoms with Crippen molar-refractivity contribution >= 4 is 29.3 Å². The molecular weight excluding hydrogens is 408 g/mol. The molecule has 3 aromatic rings. The van der Waals surface area contributed by atoms with E-state index in [1.807, 2.05) is 78.9 Å². The normalized spacial score (nSPS) is 13.6. The zero-order chi connectivity index (χ0) is 21.6. The van der Waals surface area contributed by atoms with E-state index in [9.17, 15) is 9.59 Å². The summed E-state index contributed by atoms with van der Waals surface area (Å²) in [4.78, 5) is 29.1. The number of anilines is 1. The standard InChI is InChI=1S/C25H22N2O3S/c1-30-20-12-8-11-19(17-20)26-22-23(31-21-13-6-3-7-14-21)25(29)27(24(22)28)16-15-18-9-4-2-5-10-18/h2-14,17,26H,15-16H2,1H3.